The van der Waals surface area contributed by atoms with Crippen molar-refractivity contribution in [3.05, 3.63) is 103 Å². The fourth-order valence-electron chi connectivity index (χ4n) is 4.37. The van der Waals surface area contributed by atoms with Crippen LogP contribution in [0.25, 0.3) is 5.70 Å². The number of ether oxygens (including phenoxy) is 1. The molecule has 162 valence electrons. The van der Waals surface area contributed by atoms with E-state index >= 15 is 0 Å². The zero-order valence-electron chi connectivity index (χ0n) is 18.8. The lowest BCUT2D eigenvalue weighted by molar-refractivity contribution is 0.480. The molecule has 0 saturated carbocycles. The molecule has 5 rings (SSSR count). The van der Waals surface area contributed by atoms with E-state index in [-0.39, 0.29) is 0 Å². The van der Waals surface area contributed by atoms with Crippen LogP contribution in [0, 0.1) is 0 Å². The Kier molecular flexibility index (Phi) is 5.23. The van der Waals surface area contributed by atoms with E-state index in [2.05, 4.69) is 114 Å². The third kappa shape index (κ3) is 3.89. The monoisotopic (exact) mass is 424 g/mol. The van der Waals surface area contributed by atoms with E-state index in [1.165, 1.54) is 17.0 Å². The third-order valence-corrected chi connectivity index (χ3v) is 5.92. The summed E-state index contributed by atoms with van der Waals surface area (Å²) in [5.41, 5.74) is 5.97. The minimum atomic E-state index is 0.809. The van der Waals surface area contributed by atoms with Crippen LogP contribution in [0.15, 0.2) is 97.0 Å². The van der Waals surface area contributed by atoms with Crippen molar-refractivity contribution in [3.63, 3.8) is 0 Å². The van der Waals surface area contributed by atoms with Crippen molar-refractivity contribution in [2.45, 2.75) is 6.92 Å². The molecular weight excluding hydrogens is 396 g/mol. The summed E-state index contributed by atoms with van der Waals surface area (Å²) in [6, 6.07) is 27.1. The summed E-state index contributed by atoms with van der Waals surface area (Å²) in [5.74, 6) is 1.66. The first-order valence-electron chi connectivity index (χ1n) is 10.9. The molecule has 0 aliphatic carbocycles. The van der Waals surface area contributed by atoms with Gasteiger partial charge in [0.25, 0.3) is 0 Å². The summed E-state index contributed by atoms with van der Waals surface area (Å²) in [6.45, 7) is 3.84. The Balaban J connectivity index is 1.38. The molecule has 0 spiro atoms. The van der Waals surface area contributed by atoms with Crippen molar-refractivity contribution in [1.29, 1.82) is 0 Å². The number of anilines is 2. The first kappa shape index (κ1) is 20.1. The van der Waals surface area contributed by atoms with Crippen molar-refractivity contribution in [3.8, 4) is 11.5 Å². The van der Waals surface area contributed by atoms with Crippen LogP contribution in [0.5, 0.6) is 11.5 Å². The van der Waals surface area contributed by atoms with Gasteiger partial charge in [-0.1, -0.05) is 42.5 Å². The Bertz CT molecular complexity index is 1170. The molecule has 0 radical (unpaired) electrons. The van der Waals surface area contributed by atoms with E-state index in [9.17, 15) is 0 Å². The number of hydrogen-bond donors (Lipinski definition) is 0. The average molecular weight is 425 g/mol. The molecule has 0 unspecified atom stereocenters. The van der Waals surface area contributed by atoms with E-state index in [0.717, 1.165) is 36.2 Å². The molecule has 0 bridgehead atoms. The standard InChI is InChI=1S/C27H28N4O/c1-21-27(22-9-5-4-6-10-22)29(3)20-31(21)24-12-8-14-26(18-24)32-25-13-7-11-23(17-25)30-16-15-28(2)19-30/h4-18H,19-20H2,1-3H3. The van der Waals surface area contributed by atoms with Crippen LogP contribution in [0.1, 0.15) is 12.5 Å². The third-order valence-electron chi connectivity index (χ3n) is 5.92. The largest absolute Gasteiger partial charge is 0.457 e. The van der Waals surface area contributed by atoms with Gasteiger partial charge in [-0.05, 0) is 36.8 Å². The molecule has 32 heavy (non-hydrogen) atoms. The number of nitrogens with zero attached hydrogens (tertiary/aromatic N) is 4. The highest BCUT2D eigenvalue weighted by Gasteiger charge is 2.25. The molecule has 0 amide bonds. The van der Waals surface area contributed by atoms with Crippen molar-refractivity contribution < 1.29 is 4.74 Å². The maximum Gasteiger partial charge on any atom is 0.129 e. The topological polar surface area (TPSA) is 22.2 Å². The van der Waals surface area contributed by atoms with E-state index in [1.807, 2.05) is 18.2 Å². The van der Waals surface area contributed by atoms with E-state index in [0.29, 0.717) is 0 Å². The Hall–Kier alpha value is -3.86. The second kappa shape index (κ2) is 8.35. The second-order valence-electron chi connectivity index (χ2n) is 8.33. The molecule has 0 atom stereocenters. The molecule has 0 N–H and O–H groups in total. The second-order valence-corrected chi connectivity index (χ2v) is 8.33. The lowest BCUT2D eigenvalue weighted by atomic mass is 10.1. The quantitative estimate of drug-likeness (QED) is 0.518. The normalized spacial score (nSPS) is 15.8. The van der Waals surface area contributed by atoms with Gasteiger partial charge in [0, 0.05) is 55.7 Å². The zero-order valence-corrected chi connectivity index (χ0v) is 18.8. The molecule has 3 aromatic rings. The predicted molar refractivity (Wildman–Crippen MR) is 131 cm³/mol. The number of hydrogen-bond acceptors (Lipinski definition) is 5. The van der Waals surface area contributed by atoms with Crippen LogP contribution >= 0.6 is 0 Å². The van der Waals surface area contributed by atoms with Crippen molar-refractivity contribution >= 4 is 17.1 Å². The molecular formula is C27H28N4O. The summed E-state index contributed by atoms with van der Waals surface area (Å²) >= 11 is 0. The SMILES string of the molecule is CC1=C(c2ccccc2)N(C)CN1c1cccc(Oc2cccc(N3C=CN(C)C3)c2)c1. The molecule has 3 aromatic carbocycles. The molecule has 0 fully saturated rings. The molecule has 5 nitrogen and oxygen atoms in total. The Morgan fingerprint density at radius 1 is 0.719 bits per heavy atom. The summed E-state index contributed by atoms with van der Waals surface area (Å²) in [5, 5.41) is 0. The van der Waals surface area contributed by atoms with Crippen LogP contribution in [0.3, 0.4) is 0 Å². The zero-order chi connectivity index (χ0) is 22.1. The van der Waals surface area contributed by atoms with Crippen LogP contribution in [-0.2, 0) is 0 Å². The van der Waals surface area contributed by atoms with Gasteiger partial charge >= 0.3 is 0 Å². The minimum Gasteiger partial charge on any atom is -0.457 e. The summed E-state index contributed by atoms with van der Waals surface area (Å²) in [6.07, 6.45) is 4.16. The summed E-state index contributed by atoms with van der Waals surface area (Å²) in [7, 11) is 4.21. The van der Waals surface area contributed by atoms with Crippen LogP contribution in [0.2, 0.25) is 0 Å². The maximum absolute atomic E-state index is 6.26. The maximum atomic E-state index is 6.26. The summed E-state index contributed by atoms with van der Waals surface area (Å²) in [4.78, 5) is 8.96. The Morgan fingerprint density at radius 3 is 2.09 bits per heavy atom. The number of rotatable bonds is 5. The molecule has 2 heterocycles. The molecule has 5 heteroatoms. The lowest BCUT2D eigenvalue weighted by Gasteiger charge is -2.22. The van der Waals surface area contributed by atoms with Gasteiger partial charge in [0.15, 0.2) is 0 Å². The van der Waals surface area contributed by atoms with Crippen LogP contribution in [-0.4, -0.2) is 37.2 Å². The lowest BCUT2D eigenvalue weighted by Crippen LogP contribution is -2.24. The fourth-order valence-corrected chi connectivity index (χ4v) is 4.37. The van der Waals surface area contributed by atoms with Crippen LogP contribution in [0.4, 0.5) is 11.4 Å². The van der Waals surface area contributed by atoms with Gasteiger partial charge in [-0.15, -0.1) is 0 Å². The average Bonchev–Trinajstić information content (AvgIpc) is 3.37. The highest BCUT2D eigenvalue weighted by molar-refractivity contribution is 5.75. The van der Waals surface area contributed by atoms with Crippen LogP contribution < -0.4 is 14.5 Å². The fraction of sp³-hybridized carbons (Fsp3) is 0.185. The summed E-state index contributed by atoms with van der Waals surface area (Å²) < 4.78 is 6.26. The predicted octanol–water partition coefficient (Wildman–Crippen LogP) is 5.76. The highest BCUT2D eigenvalue weighted by atomic mass is 16.5. The van der Waals surface area contributed by atoms with Gasteiger partial charge in [-0.3, -0.25) is 0 Å². The molecule has 0 saturated heterocycles. The molecule has 2 aliphatic heterocycles. The highest BCUT2D eigenvalue weighted by Crippen LogP contribution is 2.36. The Labute approximate surface area is 190 Å². The van der Waals surface area contributed by atoms with E-state index < -0.39 is 0 Å². The van der Waals surface area contributed by atoms with Gasteiger partial charge in [0.1, 0.15) is 11.5 Å². The molecule has 0 aromatic heterocycles. The van der Waals surface area contributed by atoms with E-state index in [1.54, 1.807) is 0 Å². The van der Waals surface area contributed by atoms with Gasteiger partial charge in [-0.25, -0.2) is 0 Å². The van der Waals surface area contributed by atoms with Crippen molar-refractivity contribution in [2.75, 3.05) is 37.2 Å². The smallest absolute Gasteiger partial charge is 0.129 e. The number of benzene rings is 3. The van der Waals surface area contributed by atoms with Gasteiger partial charge < -0.3 is 24.3 Å². The van der Waals surface area contributed by atoms with Gasteiger partial charge in [0.2, 0.25) is 0 Å². The van der Waals surface area contributed by atoms with Crippen molar-refractivity contribution in [2.24, 2.45) is 0 Å². The molecule has 2 aliphatic rings. The van der Waals surface area contributed by atoms with Gasteiger partial charge in [0.05, 0.1) is 19.0 Å². The van der Waals surface area contributed by atoms with Crippen molar-refractivity contribution in [1.82, 2.24) is 9.80 Å². The van der Waals surface area contributed by atoms with E-state index in [4.69, 9.17) is 4.74 Å². The minimum absolute atomic E-state index is 0.809. The number of allylic oxidation sites excluding steroid dienone is 1. The van der Waals surface area contributed by atoms with Gasteiger partial charge in [-0.2, -0.15) is 0 Å². The first-order valence-corrected chi connectivity index (χ1v) is 10.9. The first-order chi connectivity index (χ1) is 15.6. The Morgan fingerprint density at radius 2 is 1.41 bits per heavy atom.